The molecule has 0 radical (unpaired) electrons. The van der Waals surface area contributed by atoms with Crippen LogP contribution in [0.2, 0.25) is 0 Å². The Hall–Kier alpha value is -3.61. The highest BCUT2D eigenvalue weighted by Gasteiger charge is 2.24. The number of ether oxygens (including phenoxy) is 4. The number of benzene rings is 3. The number of methoxy groups -OCH3 is 2. The fourth-order valence-corrected chi connectivity index (χ4v) is 3.88. The van der Waals surface area contributed by atoms with E-state index in [9.17, 15) is 0 Å². The number of rotatable bonds is 6. The number of aromatic amines is 1. The van der Waals surface area contributed by atoms with Crippen LogP contribution in [0.25, 0.3) is 33.9 Å². The number of H-pyrrole nitrogens is 1. The van der Waals surface area contributed by atoms with Crippen molar-refractivity contribution in [2.45, 2.75) is 6.29 Å². The summed E-state index contributed by atoms with van der Waals surface area (Å²) >= 11 is 0. The minimum Gasteiger partial charge on any atom is -0.497 e. The Labute approximate surface area is 186 Å². The topological polar surface area (TPSA) is 65.6 Å². The van der Waals surface area contributed by atoms with Crippen LogP contribution in [-0.2, 0) is 9.47 Å². The molecule has 6 nitrogen and oxygen atoms in total. The first kappa shape index (κ1) is 20.3. The highest BCUT2D eigenvalue weighted by molar-refractivity contribution is 5.82. The van der Waals surface area contributed by atoms with Crippen LogP contribution in [0.15, 0.2) is 72.8 Å². The van der Waals surface area contributed by atoms with E-state index in [4.69, 9.17) is 23.9 Å². The molecule has 2 heterocycles. The van der Waals surface area contributed by atoms with Gasteiger partial charge in [-0.1, -0.05) is 24.3 Å². The van der Waals surface area contributed by atoms with E-state index in [0.29, 0.717) is 13.2 Å². The predicted molar refractivity (Wildman–Crippen MR) is 123 cm³/mol. The Morgan fingerprint density at radius 2 is 1.38 bits per heavy atom. The monoisotopic (exact) mass is 428 g/mol. The lowest BCUT2D eigenvalue weighted by Crippen LogP contribution is -2.01. The van der Waals surface area contributed by atoms with Gasteiger partial charge in [0.1, 0.15) is 17.3 Å². The summed E-state index contributed by atoms with van der Waals surface area (Å²) in [6.45, 7) is 1.18. The van der Waals surface area contributed by atoms with Gasteiger partial charge in [-0.3, -0.25) is 0 Å². The maximum atomic E-state index is 5.77. The third kappa shape index (κ3) is 3.86. The SMILES string of the molecule is COc1ccc(-c2nc(-c3ccccc3C3OCCO3)[nH]c2-c2ccc(OC)cc2)cc1. The lowest BCUT2D eigenvalue weighted by Gasteiger charge is -2.13. The Bertz CT molecular complexity index is 1130. The molecule has 0 atom stereocenters. The van der Waals surface area contributed by atoms with Crippen LogP contribution in [0.1, 0.15) is 11.9 Å². The molecule has 0 amide bonds. The molecule has 1 aliphatic heterocycles. The third-order valence-electron chi connectivity index (χ3n) is 5.54. The van der Waals surface area contributed by atoms with Crippen molar-refractivity contribution in [3.05, 3.63) is 78.4 Å². The van der Waals surface area contributed by atoms with Crippen LogP contribution in [-0.4, -0.2) is 37.4 Å². The number of aromatic nitrogens is 2. The summed E-state index contributed by atoms with van der Waals surface area (Å²) in [5.41, 5.74) is 5.70. The molecular formula is C26H24N2O4. The summed E-state index contributed by atoms with van der Waals surface area (Å²) in [6, 6.07) is 23.9. The van der Waals surface area contributed by atoms with Crippen molar-refractivity contribution >= 4 is 0 Å². The van der Waals surface area contributed by atoms with E-state index in [1.807, 2.05) is 72.8 Å². The van der Waals surface area contributed by atoms with E-state index in [1.54, 1.807) is 14.2 Å². The largest absolute Gasteiger partial charge is 0.497 e. The molecule has 5 rings (SSSR count). The fourth-order valence-electron chi connectivity index (χ4n) is 3.88. The van der Waals surface area contributed by atoms with Crippen molar-refractivity contribution in [2.75, 3.05) is 27.4 Å². The highest BCUT2D eigenvalue weighted by atomic mass is 16.7. The van der Waals surface area contributed by atoms with Crippen LogP contribution in [0.5, 0.6) is 11.5 Å². The standard InChI is InChI=1S/C26H24N2O4/c1-29-19-11-7-17(8-12-19)23-24(18-9-13-20(30-2)14-10-18)28-25(27-23)21-5-3-4-6-22(21)26-31-15-16-32-26/h3-14,26H,15-16H2,1-2H3,(H,27,28). The summed E-state index contributed by atoms with van der Waals surface area (Å²) in [6.07, 6.45) is -0.384. The minimum absolute atomic E-state index is 0.384. The summed E-state index contributed by atoms with van der Waals surface area (Å²) in [4.78, 5) is 8.57. The van der Waals surface area contributed by atoms with Crippen LogP contribution in [0.3, 0.4) is 0 Å². The van der Waals surface area contributed by atoms with Gasteiger partial charge in [0.2, 0.25) is 0 Å². The Morgan fingerprint density at radius 3 is 2.00 bits per heavy atom. The van der Waals surface area contributed by atoms with E-state index in [-0.39, 0.29) is 6.29 Å². The molecule has 3 aromatic carbocycles. The van der Waals surface area contributed by atoms with Crippen molar-refractivity contribution in [2.24, 2.45) is 0 Å². The molecule has 32 heavy (non-hydrogen) atoms. The van der Waals surface area contributed by atoms with Gasteiger partial charge in [-0.25, -0.2) is 4.98 Å². The zero-order valence-electron chi connectivity index (χ0n) is 18.0. The number of hydrogen-bond acceptors (Lipinski definition) is 5. The summed E-state index contributed by atoms with van der Waals surface area (Å²) in [5, 5.41) is 0. The van der Waals surface area contributed by atoms with Crippen LogP contribution in [0.4, 0.5) is 0 Å². The molecule has 0 aliphatic carbocycles. The molecule has 4 aromatic rings. The van der Waals surface area contributed by atoms with E-state index in [1.165, 1.54) is 0 Å². The van der Waals surface area contributed by atoms with E-state index >= 15 is 0 Å². The second-order valence-corrected chi connectivity index (χ2v) is 7.43. The second kappa shape index (κ2) is 8.86. The molecule has 1 N–H and O–H groups in total. The van der Waals surface area contributed by atoms with Crippen molar-refractivity contribution in [3.63, 3.8) is 0 Å². The van der Waals surface area contributed by atoms with Gasteiger partial charge < -0.3 is 23.9 Å². The molecule has 0 saturated carbocycles. The van der Waals surface area contributed by atoms with E-state index < -0.39 is 0 Å². The normalized spacial score (nSPS) is 13.9. The number of nitrogens with zero attached hydrogens (tertiary/aromatic N) is 1. The van der Waals surface area contributed by atoms with Gasteiger partial charge in [-0.15, -0.1) is 0 Å². The van der Waals surface area contributed by atoms with E-state index in [2.05, 4.69) is 4.98 Å². The first-order valence-electron chi connectivity index (χ1n) is 10.5. The van der Waals surface area contributed by atoms with Crippen LogP contribution >= 0.6 is 0 Å². The molecule has 0 spiro atoms. The number of hydrogen-bond donors (Lipinski definition) is 1. The van der Waals surface area contributed by atoms with Gasteiger partial charge >= 0.3 is 0 Å². The highest BCUT2D eigenvalue weighted by Crippen LogP contribution is 2.37. The van der Waals surface area contributed by atoms with Crippen LogP contribution < -0.4 is 9.47 Å². The molecule has 1 aromatic heterocycles. The minimum atomic E-state index is -0.384. The van der Waals surface area contributed by atoms with Crippen LogP contribution in [0, 0.1) is 0 Å². The summed E-state index contributed by atoms with van der Waals surface area (Å²) in [7, 11) is 3.32. The first-order valence-corrected chi connectivity index (χ1v) is 10.5. The molecule has 1 saturated heterocycles. The second-order valence-electron chi connectivity index (χ2n) is 7.43. The van der Waals surface area contributed by atoms with Gasteiger partial charge in [0.05, 0.1) is 38.8 Å². The number of nitrogens with one attached hydrogen (secondary N) is 1. The molecule has 0 bridgehead atoms. The smallest absolute Gasteiger partial charge is 0.184 e. The lowest BCUT2D eigenvalue weighted by atomic mass is 10.0. The Morgan fingerprint density at radius 1 is 0.781 bits per heavy atom. The van der Waals surface area contributed by atoms with Gasteiger partial charge in [0.25, 0.3) is 0 Å². The van der Waals surface area contributed by atoms with Crippen molar-refractivity contribution in [1.82, 2.24) is 9.97 Å². The predicted octanol–water partition coefficient (Wildman–Crippen LogP) is 5.47. The third-order valence-corrected chi connectivity index (χ3v) is 5.54. The quantitative estimate of drug-likeness (QED) is 0.441. The maximum Gasteiger partial charge on any atom is 0.184 e. The average molecular weight is 428 g/mol. The Kier molecular flexibility index (Phi) is 5.62. The lowest BCUT2D eigenvalue weighted by molar-refractivity contribution is -0.0437. The molecular weight excluding hydrogens is 404 g/mol. The average Bonchev–Trinajstić information content (AvgIpc) is 3.55. The number of imidazole rings is 1. The summed E-state index contributed by atoms with van der Waals surface area (Å²) in [5.74, 6) is 2.37. The van der Waals surface area contributed by atoms with Crippen molar-refractivity contribution in [1.29, 1.82) is 0 Å². The molecule has 1 aliphatic rings. The van der Waals surface area contributed by atoms with Crippen molar-refractivity contribution in [3.8, 4) is 45.4 Å². The van der Waals surface area contributed by atoms with Gasteiger partial charge in [-0.05, 0) is 48.5 Å². The zero-order valence-corrected chi connectivity index (χ0v) is 18.0. The fraction of sp³-hybridized carbons (Fsp3) is 0.192. The zero-order chi connectivity index (χ0) is 21.9. The van der Waals surface area contributed by atoms with Gasteiger partial charge in [-0.2, -0.15) is 0 Å². The first-order chi connectivity index (χ1) is 15.8. The van der Waals surface area contributed by atoms with Crippen molar-refractivity contribution < 1.29 is 18.9 Å². The molecule has 162 valence electrons. The Balaban J connectivity index is 1.64. The molecule has 6 heteroatoms. The summed E-state index contributed by atoms with van der Waals surface area (Å²) < 4.78 is 22.2. The van der Waals surface area contributed by atoms with Gasteiger partial charge in [0.15, 0.2) is 6.29 Å². The van der Waals surface area contributed by atoms with E-state index in [0.717, 1.165) is 51.0 Å². The van der Waals surface area contributed by atoms with Gasteiger partial charge in [0, 0.05) is 22.3 Å². The maximum absolute atomic E-state index is 5.77. The molecule has 0 unspecified atom stereocenters. The molecule has 1 fully saturated rings.